The molecule has 4 nitrogen and oxygen atoms in total. The van der Waals surface area contributed by atoms with Crippen LogP contribution in [0.2, 0.25) is 5.02 Å². The van der Waals surface area contributed by atoms with Crippen LogP contribution in [-0.2, 0) is 19.0 Å². The van der Waals surface area contributed by atoms with Gasteiger partial charge in [0.05, 0.1) is 25.9 Å². The average Bonchev–Trinajstić information content (AvgIpc) is 3.27. The fraction of sp³-hybridized carbons (Fsp3) is 0.438. The Labute approximate surface area is 129 Å². The van der Waals surface area contributed by atoms with Crippen LogP contribution in [0.1, 0.15) is 31.1 Å². The van der Waals surface area contributed by atoms with E-state index in [-0.39, 0.29) is 18.2 Å². The van der Waals surface area contributed by atoms with E-state index < -0.39 is 0 Å². The van der Waals surface area contributed by atoms with Gasteiger partial charge in [0, 0.05) is 11.1 Å². The molecular formula is C16H19ClO4. The summed E-state index contributed by atoms with van der Waals surface area (Å²) in [6, 6.07) is 5.59. The van der Waals surface area contributed by atoms with Crippen LogP contribution in [0.25, 0.3) is 6.08 Å². The number of esters is 1. The molecule has 21 heavy (non-hydrogen) atoms. The van der Waals surface area contributed by atoms with Gasteiger partial charge in [-0.1, -0.05) is 23.7 Å². The lowest BCUT2D eigenvalue weighted by molar-refractivity contribution is -0.137. The highest BCUT2D eigenvalue weighted by atomic mass is 35.5. The molecule has 1 aromatic rings. The zero-order chi connectivity index (χ0) is 15.2. The van der Waals surface area contributed by atoms with Crippen molar-refractivity contribution in [2.24, 2.45) is 0 Å². The normalized spacial score (nSPS) is 18.7. The van der Waals surface area contributed by atoms with Gasteiger partial charge in [0.15, 0.2) is 0 Å². The van der Waals surface area contributed by atoms with Gasteiger partial charge in [-0.05, 0) is 37.1 Å². The first-order valence-electron chi connectivity index (χ1n) is 6.98. The first-order valence-corrected chi connectivity index (χ1v) is 7.36. The monoisotopic (exact) mass is 310 g/mol. The first kappa shape index (κ1) is 16.0. The van der Waals surface area contributed by atoms with Crippen LogP contribution >= 0.6 is 11.6 Å². The van der Waals surface area contributed by atoms with Gasteiger partial charge in [-0.3, -0.25) is 0 Å². The summed E-state index contributed by atoms with van der Waals surface area (Å²) >= 11 is 6.23. The minimum absolute atomic E-state index is 0.130. The summed E-state index contributed by atoms with van der Waals surface area (Å²) in [5.74, 6) is -0.386. The third-order valence-corrected chi connectivity index (χ3v) is 3.46. The SMILES string of the molecule is CCOC(=O)/C=C/c1c(Cl)cccc1[C@@H](C)OCC1CO1. The molecule has 1 aliphatic heterocycles. The number of carbonyl (C=O) groups excluding carboxylic acids is 1. The van der Waals surface area contributed by atoms with Gasteiger partial charge in [-0.25, -0.2) is 4.79 Å². The Morgan fingerprint density at radius 3 is 3.00 bits per heavy atom. The molecule has 5 heteroatoms. The number of carbonyl (C=O) groups is 1. The number of ether oxygens (including phenoxy) is 3. The first-order chi connectivity index (χ1) is 10.1. The summed E-state index contributed by atoms with van der Waals surface area (Å²) in [7, 11) is 0. The molecule has 0 saturated carbocycles. The van der Waals surface area contributed by atoms with E-state index in [1.54, 1.807) is 19.1 Å². The predicted octanol–water partition coefficient (Wildman–Crippen LogP) is 3.39. The van der Waals surface area contributed by atoms with Crippen LogP contribution in [0.5, 0.6) is 0 Å². The van der Waals surface area contributed by atoms with E-state index in [1.807, 2.05) is 19.1 Å². The molecule has 0 N–H and O–H groups in total. The molecule has 0 bridgehead atoms. The lowest BCUT2D eigenvalue weighted by Crippen LogP contribution is -2.07. The number of rotatable bonds is 7. The number of halogens is 1. The molecule has 0 aliphatic carbocycles. The Morgan fingerprint density at radius 2 is 2.33 bits per heavy atom. The molecule has 0 aromatic heterocycles. The summed E-state index contributed by atoms with van der Waals surface area (Å²) in [5, 5.41) is 0.575. The molecule has 0 spiro atoms. The summed E-state index contributed by atoms with van der Waals surface area (Å²) in [4.78, 5) is 11.4. The number of hydrogen-bond donors (Lipinski definition) is 0. The van der Waals surface area contributed by atoms with E-state index in [0.29, 0.717) is 18.2 Å². The van der Waals surface area contributed by atoms with Crippen LogP contribution in [0.4, 0.5) is 0 Å². The molecule has 1 aromatic carbocycles. The van der Waals surface area contributed by atoms with E-state index in [2.05, 4.69) is 0 Å². The zero-order valence-electron chi connectivity index (χ0n) is 12.2. The van der Waals surface area contributed by atoms with Crippen molar-refractivity contribution >= 4 is 23.6 Å². The molecule has 2 rings (SSSR count). The Morgan fingerprint density at radius 1 is 1.57 bits per heavy atom. The lowest BCUT2D eigenvalue weighted by atomic mass is 10.0. The van der Waals surface area contributed by atoms with Crippen molar-refractivity contribution in [3.05, 3.63) is 40.4 Å². The second-order valence-electron chi connectivity index (χ2n) is 4.76. The predicted molar refractivity (Wildman–Crippen MR) is 81.2 cm³/mol. The minimum Gasteiger partial charge on any atom is -0.463 e. The van der Waals surface area contributed by atoms with E-state index in [1.165, 1.54) is 6.08 Å². The molecule has 0 amide bonds. The van der Waals surface area contributed by atoms with Crippen LogP contribution in [0.3, 0.4) is 0 Å². The topological polar surface area (TPSA) is 48.1 Å². The maximum atomic E-state index is 11.4. The second kappa shape index (κ2) is 7.59. The highest BCUT2D eigenvalue weighted by molar-refractivity contribution is 6.32. The maximum absolute atomic E-state index is 11.4. The number of hydrogen-bond acceptors (Lipinski definition) is 4. The zero-order valence-corrected chi connectivity index (χ0v) is 12.9. The Balaban J connectivity index is 2.12. The summed E-state index contributed by atoms with van der Waals surface area (Å²) in [5.41, 5.74) is 1.71. The molecule has 1 heterocycles. The molecule has 1 fully saturated rings. The second-order valence-corrected chi connectivity index (χ2v) is 5.17. The quantitative estimate of drug-likeness (QED) is 0.440. The van der Waals surface area contributed by atoms with Crippen molar-refractivity contribution < 1.29 is 19.0 Å². The maximum Gasteiger partial charge on any atom is 0.330 e. The number of epoxide rings is 1. The Kier molecular flexibility index (Phi) is 5.79. The van der Waals surface area contributed by atoms with Gasteiger partial charge in [0.2, 0.25) is 0 Å². The summed E-state index contributed by atoms with van der Waals surface area (Å²) in [6.45, 7) is 5.39. The molecule has 1 unspecified atom stereocenters. The Bertz CT molecular complexity index is 523. The standard InChI is InChI=1S/C16H19ClO4/c1-3-19-16(18)8-7-14-13(5-4-6-15(14)17)11(2)20-9-12-10-21-12/h4-8,11-12H,3,9-10H2,1-2H3/b8-7+/t11-,12?/m1/s1. The highest BCUT2D eigenvalue weighted by Gasteiger charge is 2.24. The molecule has 114 valence electrons. The lowest BCUT2D eigenvalue weighted by Gasteiger charge is -2.16. The molecule has 2 atom stereocenters. The van der Waals surface area contributed by atoms with Crippen LogP contribution in [-0.4, -0.2) is 31.9 Å². The van der Waals surface area contributed by atoms with Crippen LogP contribution in [0.15, 0.2) is 24.3 Å². The third-order valence-electron chi connectivity index (χ3n) is 3.13. The van der Waals surface area contributed by atoms with Crippen molar-refractivity contribution in [1.29, 1.82) is 0 Å². The van der Waals surface area contributed by atoms with Crippen molar-refractivity contribution in [1.82, 2.24) is 0 Å². The van der Waals surface area contributed by atoms with E-state index in [0.717, 1.165) is 17.7 Å². The molecule has 0 radical (unpaired) electrons. The van der Waals surface area contributed by atoms with Gasteiger partial charge in [-0.15, -0.1) is 0 Å². The summed E-state index contributed by atoms with van der Waals surface area (Å²) < 4.78 is 15.8. The third kappa shape index (κ3) is 4.84. The summed E-state index contributed by atoms with van der Waals surface area (Å²) in [6.07, 6.45) is 3.13. The van der Waals surface area contributed by atoms with Gasteiger partial charge >= 0.3 is 5.97 Å². The van der Waals surface area contributed by atoms with E-state index in [4.69, 9.17) is 25.8 Å². The fourth-order valence-electron chi connectivity index (χ4n) is 1.93. The highest BCUT2D eigenvalue weighted by Crippen LogP contribution is 2.29. The molecule has 1 aliphatic rings. The van der Waals surface area contributed by atoms with E-state index in [9.17, 15) is 4.79 Å². The fourth-order valence-corrected chi connectivity index (χ4v) is 2.18. The average molecular weight is 311 g/mol. The molecule has 1 saturated heterocycles. The van der Waals surface area contributed by atoms with Crippen LogP contribution < -0.4 is 0 Å². The van der Waals surface area contributed by atoms with E-state index >= 15 is 0 Å². The van der Waals surface area contributed by atoms with Gasteiger partial charge in [0.25, 0.3) is 0 Å². The number of benzene rings is 1. The largest absolute Gasteiger partial charge is 0.463 e. The van der Waals surface area contributed by atoms with Crippen molar-refractivity contribution in [3.8, 4) is 0 Å². The van der Waals surface area contributed by atoms with Crippen LogP contribution in [0, 0.1) is 0 Å². The van der Waals surface area contributed by atoms with Gasteiger partial charge < -0.3 is 14.2 Å². The Hall–Kier alpha value is -1.36. The van der Waals surface area contributed by atoms with Gasteiger partial charge in [0.1, 0.15) is 6.10 Å². The van der Waals surface area contributed by atoms with Crippen molar-refractivity contribution in [3.63, 3.8) is 0 Å². The smallest absolute Gasteiger partial charge is 0.330 e. The molecular weight excluding hydrogens is 292 g/mol. The van der Waals surface area contributed by atoms with Gasteiger partial charge in [-0.2, -0.15) is 0 Å². The van der Waals surface area contributed by atoms with Crippen molar-refractivity contribution in [2.45, 2.75) is 26.1 Å². The minimum atomic E-state index is -0.386. The van der Waals surface area contributed by atoms with Crippen molar-refractivity contribution in [2.75, 3.05) is 19.8 Å².